The summed E-state index contributed by atoms with van der Waals surface area (Å²) >= 11 is 1.38. The Labute approximate surface area is 135 Å². The molecule has 0 N–H and O–H groups in total. The minimum Gasteiger partial charge on any atom is -0.338 e. The number of piperazine rings is 1. The highest BCUT2D eigenvalue weighted by Crippen LogP contribution is 2.19. The van der Waals surface area contributed by atoms with Gasteiger partial charge in [0.15, 0.2) is 6.04 Å². The maximum Gasteiger partial charge on any atom is 0.250 e. The predicted molar refractivity (Wildman–Crippen MR) is 88.9 cm³/mol. The van der Waals surface area contributed by atoms with Gasteiger partial charge < -0.3 is 4.90 Å². The van der Waals surface area contributed by atoms with Gasteiger partial charge in [-0.2, -0.15) is 5.11 Å². The van der Waals surface area contributed by atoms with Crippen molar-refractivity contribution >= 4 is 17.9 Å². The van der Waals surface area contributed by atoms with Gasteiger partial charge in [0.2, 0.25) is 5.91 Å². The third-order valence-electron chi connectivity index (χ3n) is 4.23. The summed E-state index contributed by atoms with van der Waals surface area (Å²) in [6.07, 6.45) is 2.30. The lowest BCUT2D eigenvalue weighted by Crippen LogP contribution is -2.51. The number of nitrogens with zero attached hydrogens (tertiary/aromatic N) is 4. The molecule has 1 saturated heterocycles. The van der Waals surface area contributed by atoms with Gasteiger partial charge in [0.25, 0.3) is 0 Å². The number of hydrogen-bond acceptors (Lipinski definition) is 5. The molecule has 3 rings (SSSR count). The van der Waals surface area contributed by atoms with Crippen LogP contribution in [-0.2, 0) is 11.2 Å². The van der Waals surface area contributed by atoms with E-state index in [1.54, 1.807) is 0 Å². The van der Waals surface area contributed by atoms with Crippen molar-refractivity contribution in [2.24, 2.45) is 9.63 Å². The van der Waals surface area contributed by atoms with Crippen LogP contribution in [0.3, 0.4) is 0 Å². The summed E-state index contributed by atoms with van der Waals surface area (Å²) in [4.78, 5) is 16.7. The summed E-state index contributed by atoms with van der Waals surface area (Å²) in [5, 5.41) is 4.00. The van der Waals surface area contributed by atoms with Gasteiger partial charge in [-0.3, -0.25) is 9.69 Å². The third kappa shape index (κ3) is 4.08. The standard InChI is InChI=1S/C16H22N4OS/c21-16(15-13-22-18-17-15)20-11-9-19(10-12-20)8-4-7-14-5-2-1-3-6-14/h1-3,5-6,15H,4,7-13H2. The van der Waals surface area contributed by atoms with Crippen LogP contribution in [0.25, 0.3) is 0 Å². The second-order valence-corrected chi connectivity index (χ2v) is 6.52. The first-order valence-corrected chi connectivity index (χ1v) is 8.84. The lowest BCUT2D eigenvalue weighted by molar-refractivity contribution is -0.133. The molecule has 2 aliphatic rings. The van der Waals surface area contributed by atoms with E-state index in [0.29, 0.717) is 5.75 Å². The van der Waals surface area contributed by atoms with Crippen LogP contribution in [0, 0.1) is 0 Å². The maximum absolute atomic E-state index is 12.2. The van der Waals surface area contributed by atoms with Crippen molar-refractivity contribution in [2.45, 2.75) is 18.9 Å². The fraction of sp³-hybridized carbons (Fsp3) is 0.562. The summed E-state index contributed by atoms with van der Waals surface area (Å²) < 4.78 is 3.85. The van der Waals surface area contributed by atoms with Gasteiger partial charge in [-0.15, -0.1) is 4.52 Å². The number of amides is 1. The average Bonchev–Trinajstić information content (AvgIpc) is 3.10. The minimum atomic E-state index is -0.241. The zero-order valence-corrected chi connectivity index (χ0v) is 13.5. The molecule has 0 saturated carbocycles. The summed E-state index contributed by atoms with van der Waals surface area (Å²) in [5.74, 6) is 0.855. The zero-order chi connectivity index (χ0) is 15.2. The number of rotatable bonds is 5. The van der Waals surface area contributed by atoms with E-state index in [1.807, 2.05) is 4.90 Å². The largest absolute Gasteiger partial charge is 0.338 e. The molecule has 0 radical (unpaired) electrons. The van der Waals surface area contributed by atoms with Crippen LogP contribution >= 0.6 is 11.9 Å². The van der Waals surface area contributed by atoms with Gasteiger partial charge in [-0.05, 0) is 24.9 Å². The van der Waals surface area contributed by atoms with Gasteiger partial charge >= 0.3 is 0 Å². The second kappa shape index (κ2) is 7.74. The summed E-state index contributed by atoms with van der Waals surface area (Å²) in [5.41, 5.74) is 1.40. The van der Waals surface area contributed by atoms with Gasteiger partial charge in [0.05, 0.1) is 5.75 Å². The molecule has 0 bridgehead atoms. The van der Waals surface area contributed by atoms with Gasteiger partial charge in [0.1, 0.15) is 0 Å². The van der Waals surface area contributed by atoms with E-state index in [4.69, 9.17) is 0 Å². The van der Waals surface area contributed by atoms with Crippen LogP contribution in [0.4, 0.5) is 0 Å². The van der Waals surface area contributed by atoms with E-state index in [2.05, 4.69) is 44.9 Å². The van der Waals surface area contributed by atoms with Crippen molar-refractivity contribution < 1.29 is 4.79 Å². The van der Waals surface area contributed by atoms with E-state index in [-0.39, 0.29) is 11.9 Å². The Morgan fingerprint density at radius 1 is 1.18 bits per heavy atom. The van der Waals surface area contributed by atoms with Crippen molar-refractivity contribution in [3.8, 4) is 0 Å². The fourth-order valence-electron chi connectivity index (χ4n) is 2.90. The monoisotopic (exact) mass is 318 g/mol. The van der Waals surface area contributed by atoms with Crippen LogP contribution in [0.1, 0.15) is 12.0 Å². The lowest BCUT2D eigenvalue weighted by atomic mass is 10.1. The smallest absolute Gasteiger partial charge is 0.250 e. The molecule has 1 atom stereocenters. The Kier molecular flexibility index (Phi) is 5.45. The Morgan fingerprint density at radius 2 is 1.95 bits per heavy atom. The highest BCUT2D eigenvalue weighted by Gasteiger charge is 2.29. The average molecular weight is 318 g/mol. The molecule has 2 aliphatic heterocycles. The number of carbonyl (C=O) groups excluding carboxylic acids is 1. The molecular weight excluding hydrogens is 296 g/mol. The number of hydrogen-bond donors (Lipinski definition) is 0. The van der Waals surface area contributed by atoms with Crippen molar-refractivity contribution in [3.63, 3.8) is 0 Å². The molecule has 6 heteroatoms. The van der Waals surface area contributed by atoms with Crippen molar-refractivity contribution in [1.82, 2.24) is 9.80 Å². The second-order valence-electron chi connectivity index (χ2n) is 5.76. The first kappa shape index (κ1) is 15.5. The topological polar surface area (TPSA) is 48.3 Å². The summed E-state index contributed by atoms with van der Waals surface area (Å²) in [6.45, 7) is 4.69. The normalized spacial score (nSPS) is 22.2. The molecule has 0 spiro atoms. The van der Waals surface area contributed by atoms with Crippen molar-refractivity contribution in [3.05, 3.63) is 35.9 Å². The van der Waals surface area contributed by atoms with Gasteiger partial charge in [-0.1, -0.05) is 30.3 Å². The number of carbonyl (C=O) groups is 1. The lowest BCUT2D eigenvalue weighted by Gasteiger charge is -2.35. The molecule has 22 heavy (non-hydrogen) atoms. The predicted octanol–water partition coefficient (Wildman–Crippen LogP) is 2.25. The van der Waals surface area contributed by atoms with Crippen LogP contribution in [-0.4, -0.2) is 60.2 Å². The van der Waals surface area contributed by atoms with Gasteiger partial charge in [-0.25, -0.2) is 0 Å². The zero-order valence-electron chi connectivity index (χ0n) is 12.7. The fourth-order valence-corrected chi connectivity index (χ4v) is 3.50. The van der Waals surface area contributed by atoms with E-state index >= 15 is 0 Å². The quantitative estimate of drug-likeness (QED) is 0.782. The van der Waals surface area contributed by atoms with Crippen molar-refractivity contribution in [2.75, 3.05) is 38.5 Å². The molecule has 1 aromatic rings. The highest BCUT2D eigenvalue weighted by molar-refractivity contribution is 7.98. The van der Waals surface area contributed by atoms with Crippen LogP contribution in [0.5, 0.6) is 0 Å². The van der Waals surface area contributed by atoms with Crippen LogP contribution in [0.15, 0.2) is 40.0 Å². The van der Waals surface area contributed by atoms with Crippen LogP contribution in [0.2, 0.25) is 0 Å². The minimum absolute atomic E-state index is 0.151. The molecule has 5 nitrogen and oxygen atoms in total. The third-order valence-corrected chi connectivity index (χ3v) is 4.90. The van der Waals surface area contributed by atoms with Crippen molar-refractivity contribution in [1.29, 1.82) is 0 Å². The molecule has 118 valence electrons. The highest BCUT2D eigenvalue weighted by atomic mass is 32.2. The molecule has 1 amide bonds. The summed E-state index contributed by atoms with van der Waals surface area (Å²) in [6, 6.07) is 10.4. The molecule has 1 aromatic carbocycles. The Bertz CT molecular complexity index is 514. The molecule has 1 unspecified atom stereocenters. The van der Waals surface area contributed by atoms with E-state index in [1.165, 1.54) is 23.9 Å². The molecule has 0 aromatic heterocycles. The van der Waals surface area contributed by atoms with E-state index < -0.39 is 0 Å². The Hall–Kier alpha value is -1.40. The number of benzene rings is 1. The first-order chi connectivity index (χ1) is 10.8. The Balaban J connectivity index is 1.36. The van der Waals surface area contributed by atoms with E-state index in [0.717, 1.165) is 39.1 Å². The molecule has 1 fully saturated rings. The maximum atomic E-state index is 12.2. The van der Waals surface area contributed by atoms with E-state index in [9.17, 15) is 4.79 Å². The SMILES string of the molecule is O=C(C1CSN=N1)N1CCN(CCCc2ccccc2)CC1. The van der Waals surface area contributed by atoms with Crippen LogP contribution < -0.4 is 0 Å². The summed E-state index contributed by atoms with van der Waals surface area (Å²) in [7, 11) is 0. The Morgan fingerprint density at radius 3 is 2.64 bits per heavy atom. The molecule has 0 aliphatic carbocycles. The first-order valence-electron chi connectivity index (χ1n) is 7.90. The van der Waals surface area contributed by atoms with Gasteiger partial charge in [0, 0.05) is 38.1 Å². The number of aryl methyl sites for hydroxylation is 1. The molecular formula is C16H22N4OS. The molecule has 2 heterocycles.